The lowest BCUT2D eigenvalue weighted by atomic mass is 10.2. The van der Waals surface area contributed by atoms with Crippen molar-refractivity contribution in [3.63, 3.8) is 0 Å². The Balaban J connectivity index is 1.33. The smallest absolute Gasteiger partial charge is 0.179 e. The highest BCUT2D eigenvalue weighted by atomic mass is 16.8. The summed E-state index contributed by atoms with van der Waals surface area (Å²) in [5, 5.41) is 3.54. The minimum absolute atomic E-state index is 0.209. The van der Waals surface area contributed by atoms with E-state index in [2.05, 4.69) is 10.3 Å². The zero-order valence-electron chi connectivity index (χ0n) is 13.0. The maximum absolute atomic E-state index is 5.92. The van der Waals surface area contributed by atoms with E-state index in [-0.39, 0.29) is 12.2 Å². The van der Waals surface area contributed by atoms with Gasteiger partial charge in [0.1, 0.15) is 13.2 Å². The van der Waals surface area contributed by atoms with Crippen molar-refractivity contribution in [3.05, 3.63) is 18.0 Å². The van der Waals surface area contributed by atoms with Gasteiger partial charge in [0.15, 0.2) is 17.3 Å². The van der Waals surface area contributed by atoms with Gasteiger partial charge in [-0.2, -0.15) is 0 Å². The average Bonchev–Trinajstić information content (AvgIpc) is 2.98. The van der Waals surface area contributed by atoms with Crippen LogP contribution in [-0.2, 0) is 16.0 Å². The lowest BCUT2D eigenvalue weighted by Gasteiger charge is -2.21. The maximum Gasteiger partial charge on any atom is 0.179 e. The molecule has 2 aliphatic heterocycles. The fraction of sp³-hybridized carbons (Fsp3) is 0.688. The summed E-state index contributed by atoms with van der Waals surface area (Å²) in [6.45, 7) is 5.86. The van der Waals surface area contributed by atoms with E-state index in [9.17, 15) is 0 Å². The Bertz CT molecular complexity index is 547. The first-order valence-electron chi connectivity index (χ1n) is 7.93. The molecule has 0 amide bonds. The Morgan fingerprint density at radius 3 is 2.55 bits per heavy atom. The van der Waals surface area contributed by atoms with Crippen molar-refractivity contribution in [2.24, 2.45) is 0 Å². The van der Waals surface area contributed by atoms with Crippen molar-refractivity contribution in [2.75, 3.05) is 13.2 Å². The molecular weight excluding hydrogens is 284 g/mol. The van der Waals surface area contributed by atoms with Gasteiger partial charge in [-0.1, -0.05) is 0 Å². The van der Waals surface area contributed by atoms with Crippen LogP contribution in [0.25, 0.3) is 0 Å². The summed E-state index contributed by atoms with van der Waals surface area (Å²) in [5.74, 6) is 1.08. The minimum atomic E-state index is -0.433. The second kappa shape index (κ2) is 5.37. The van der Waals surface area contributed by atoms with Crippen molar-refractivity contribution in [1.29, 1.82) is 0 Å². The summed E-state index contributed by atoms with van der Waals surface area (Å²) in [6.07, 6.45) is 4.13. The van der Waals surface area contributed by atoms with Crippen molar-refractivity contribution in [1.82, 2.24) is 10.3 Å². The van der Waals surface area contributed by atoms with Crippen LogP contribution in [0.1, 0.15) is 32.4 Å². The molecule has 1 saturated carbocycles. The highest BCUT2D eigenvalue weighted by Gasteiger charge is 2.47. The molecule has 0 spiro atoms. The third-order valence-electron chi connectivity index (χ3n) is 4.38. The first-order valence-corrected chi connectivity index (χ1v) is 7.93. The normalized spacial score (nSPS) is 32.0. The number of hydrogen-bond donors (Lipinski definition) is 1. The molecule has 1 aromatic rings. The predicted molar refractivity (Wildman–Crippen MR) is 78.9 cm³/mol. The van der Waals surface area contributed by atoms with E-state index in [0.717, 1.165) is 30.0 Å². The van der Waals surface area contributed by atoms with Gasteiger partial charge in [0, 0.05) is 18.7 Å². The molecule has 4 rings (SSSR count). The number of nitrogens with zero attached hydrogens (tertiary/aromatic N) is 1. The van der Waals surface area contributed by atoms with Gasteiger partial charge in [-0.3, -0.25) is 4.98 Å². The van der Waals surface area contributed by atoms with Gasteiger partial charge in [-0.05, 0) is 26.7 Å². The van der Waals surface area contributed by atoms with Crippen LogP contribution >= 0.6 is 0 Å². The van der Waals surface area contributed by atoms with E-state index in [1.165, 1.54) is 0 Å². The average molecular weight is 306 g/mol. The van der Waals surface area contributed by atoms with Gasteiger partial charge in [0.05, 0.1) is 24.1 Å². The molecule has 1 aromatic heterocycles. The molecule has 3 aliphatic rings. The molecule has 0 aromatic carbocycles. The standard InChI is InChI=1S/C16H22N2O4/c1-16(2)21-13-5-10(6-14(13)22-16)17-8-11-7-12-15(9-18-11)20-4-3-19-12/h7,9-10,13-14,17H,3-6,8H2,1-2H3/t10?,13-,14+. The second-order valence-electron chi connectivity index (χ2n) is 6.58. The molecular formula is C16H22N2O4. The fourth-order valence-electron chi connectivity index (χ4n) is 3.47. The Labute approximate surface area is 130 Å². The summed E-state index contributed by atoms with van der Waals surface area (Å²) in [6, 6.07) is 2.36. The third kappa shape index (κ3) is 2.78. The molecule has 1 aliphatic carbocycles. The Kier molecular flexibility index (Phi) is 3.47. The zero-order valence-corrected chi connectivity index (χ0v) is 13.0. The highest BCUT2D eigenvalue weighted by molar-refractivity contribution is 5.39. The minimum Gasteiger partial charge on any atom is -0.486 e. The molecule has 120 valence electrons. The van der Waals surface area contributed by atoms with Crippen LogP contribution in [0.2, 0.25) is 0 Å². The molecule has 0 radical (unpaired) electrons. The third-order valence-corrected chi connectivity index (χ3v) is 4.38. The number of aromatic nitrogens is 1. The Morgan fingerprint density at radius 1 is 1.14 bits per heavy atom. The first-order chi connectivity index (χ1) is 10.6. The topological polar surface area (TPSA) is 61.8 Å². The highest BCUT2D eigenvalue weighted by Crippen LogP contribution is 2.38. The van der Waals surface area contributed by atoms with Gasteiger partial charge in [-0.25, -0.2) is 0 Å². The maximum atomic E-state index is 5.92. The second-order valence-corrected chi connectivity index (χ2v) is 6.58. The number of rotatable bonds is 3. The van der Waals surface area contributed by atoms with E-state index < -0.39 is 5.79 Å². The van der Waals surface area contributed by atoms with E-state index >= 15 is 0 Å². The van der Waals surface area contributed by atoms with E-state index in [0.29, 0.717) is 25.8 Å². The van der Waals surface area contributed by atoms with Crippen molar-refractivity contribution < 1.29 is 18.9 Å². The number of ether oxygens (including phenoxy) is 4. The molecule has 6 heteroatoms. The van der Waals surface area contributed by atoms with Gasteiger partial charge in [0.2, 0.25) is 0 Å². The van der Waals surface area contributed by atoms with Crippen LogP contribution in [0.15, 0.2) is 12.3 Å². The monoisotopic (exact) mass is 306 g/mol. The number of pyridine rings is 1. The summed E-state index contributed by atoms with van der Waals surface area (Å²) in [7, 11) is 0. The molecule has 0 bridgehead atoms. The molecule has 1 N–H and O–H groups in total. The number of nitrogens with one attached hydrogen (secondary N) is 1. The van der Waals surface area contributed by atoms with Gasteiger partial charge >= 0.3 is 0 Å². The van der Waals surface area contributed by atoms with Gasteiger partial charge < -0.3 is 24.3 Å². The lowest BCUT2D eigenvalue weighted by molar-refractivity contribution is -0.152. The van der Waals surface area contributed by atoms with Crippen molar-refractivity contribution in [2.45, 2.75) is 57.3 Å². The largest absolute Gasteiger partial charge is 0.486 e. The predicted octanol–water partition coefficient (Wildman–Crippen LogP) is 1.62. The molecule has 3 atom stereocenters. The summed E-state index contributed by atoms with van der Waals surface area (Å²) < 4.78 is 22.9. The van der Waals surface area contributed by atoms with E-state index in [1.807, 2.05) is 19.9 Å². The lowest BCUT2D eigenvalue weighted by Crippen LogP contribution is -2.30. The molecule has 22 heavy (non-hydrogen) atoms. The molecule has 2 fully saturated rings. The van der Waals surface area contributed by atoms with Gasteiger partial charge in [-0.15, -0.1) is 0 Å². The zero-order chi connectivity index (χ0) is 15.2. The Morgan fingerprint density at radius 2 is 1.82 bits per heavy atom. The molecule has 1 unspecified atom stereocenters. The van der Waals surface area contributed by atoms with Gasteiger partial charge in [0.25, 0.3) is 0 Å². The summed E-state index contributed by atoms with van der Waals surface area (Å²) in [4.78, 5) is 4.42. The van der Waals surface area contributed by atoms with E-state index in [4.69, 9.17) is 18.9 Å². The van der Waals surface area contributed by atoms with Crippen molar-refractivity contribution >= 4 is 0 Å². The summed E-state index contributed by atoms with van der Waals surface area (Å²) >= 11 is 0. The van der Waals surface area contributed by atoms with E-state index in [1.54, 1.807) is 6.20 Å². The van der Waals surface area contributed by atoms with Crippen LogP contribution in [0, 0.1) is 0 Å². The molecule has 6 nitrogen and oxygen atoms in total. The number of fused-ring (bicyclic) bond motifs is 2. The summed E-state index contributed by atoms with van der Waals surface area (Å²) in [5.41, 5.74) is 0.962. The Hall–Kier alpha value is -1.37. The first kappa shape index (κ1) is 14.2. The van der Waals surface area contributed by atoms with Crippen LogP contribution in [0.4, 0.5) is 0 Å². The van der Waals surface area contributed by atoms with Crippen molar-refractivity contribution in [3.8, 4) is 11.5 Å². The quantitative estimate of drug-likeness (QED) is 0.916. The van der Waals surface area contributed by atoms with Crippen LogP contribution < -0.4 is 14.8 Å². The van der Waals surface area contributed by atoms with Crippen LogP contribution in [-0.4, -0.2) is 42.2 Å². The SMILES string of the molecule is CC1(C)O[C@H]2CC(NCc3cc4c(cn3)OCCO4)C[C@H]2O1. The van der Waals surface area contributed by atoms with Crippen LogP contribution in [0.3, 0.4) is 0 Å². The molecule has 1 saturated heterocycles. The number of hydrogen-bond acceptors (Lipinski definition) is 6. The molecule has 3 heterocycles. The van der Waals surface area contributed by atoms with Crippen LogP contribution in [0.5, 0.6) is 11.5 Å². The fourth-order valence-corrected chi connectivity index (χ4v) is 3.47.